The average Bonchev–Trinajstić information content (AvgIpc) is 2.40. The molecular formula is C14H21N2O. The summed E-state index contributed by atoms with van der Waals surface area (Å²) in [7, 11) is 1.77. The van der Waals surface area contributed by atoms with Crippen LogP contribution in [0.2, 0.25) is 0 Å². The molecule has 93 valence electrons. The van der Waals surface area contributed by atoms with E-state index in [-0.39, 0.29) is 0 Å². The van der Waals surface area contributed by atoms with Crippen molar-refractivity contribution in [1.29, 1.82) is 0 Å². The topological polar surface area (TPSA) is 15.7 Å². The van der Waals surface area contributed by atoms with Gasteiger partial charge in [0.05, 0.1) is 6.61 Å². The van der Waals surface area contributed by atoms with Crippen molar-refractivity contribution in [2.24, 2.45) is 0 Å². The molecule has 1 aliphatic heterocycles. The van der Waals surface area contributed by atoms with E-state index < -0.39 is 0 Å². The molecule has 0 amide bonds. The van der Waals surface area contributed by atoms with Crippen LogP contribution in [0.4, 0.5) is 5.69 Å². The van der Waals surface area contributed by atoms with Gasteiger partial charge in [0.25, 0.3) is 0 Å². The van der Waals surface area contributed by atoms with Gasteiger partial charge in [-0.05, 0) is 25.1 Å². The van der Waals surface area contributed by atoms with Crippen LogP contribution < -0.4 is 4.90 Å². The van der Waals surface area contributed by atoms with E-state index in [1.807, 2.05) is 12.1 Å². The Bertz CT molecular complexity index is 320. The number of anilines is 1. The Morgan fingerprint density at radius 3 is 2.47 bits per heavy atom. The first-order chi connectivity index (χ1) is 8.31. The number of piperazine rings is 1. The summed E-state index contributed by atoms with van der Waals surface area (Å²) in [5, 5.41) is 0. The van der Waals surface area contributed by atoms with E-state index in [1.54, 1.807) is 7.11 Å². The minimum absolute atomic E-state index is 0.520. The van der Waals surface area contributed by atoms with Gasteiger partial charge in [0.15, 0.2) is 0 Å². The highest BCUT2D eigenvalue weighted by molar-refractivity contribution is 5.46. The summed E-state index contributed by atoms with van der Waals surface area (Å²) in [4.78, 5) is 4.93. The van der Waals surface area contributed by atoms with Gasteiger partial charge in [0.1, 0.15) is 0 Å². The normalized spacial score (nSPS) is 19.3. The largest absolute Gasteiger partial charge is 0.383 e. The summed E-state index contributed by atoms with van der Waals surface area (Å²) in [6, 6.07) is 11.8. The van der Waals surface area contributed by atoms with E-state index in [9.17, 15) is 0 Å². The quantitative estimate of drug-likeness (QED) is 0.786. The summed E-state index contributed by atoms with van der Waals surface area (Å²) in [5.41, 5.74) is 1.31. The second-order valence-corrected chi connectivity index (χ2v) is 4.59. The fraction of sp³-hybridized carbons (Fsp3) is 0.571. The molecule has 0 spiro atoms. The fourth-order valence-corrected chi connectivity index (χ4v) is 2.36. The molecule has 0 bridgehead atoms. The molecule has 2 rings (SSSR count). The van der Waals surface area contributed by atoms with Crippen molar-refractivity contribution in [1.82, 2.24) is 4.90 Å². The van der Waals surface area contributed by atoms with Crippen molar-refractivity contribution < 1.29 is 4.74 Å². The van der Waals surface area contributed by atoms with Crippen LogP contribution in [-0.4, -0.2) is 50.8 Å². The van der Waals surface area contributed by atoms with Crippen LogP contribution in [0, 0.1) is 6.07 Å². The van der Waals surface area contributed by atoms with Crippen LogP contribution >= 0.6 is 0 Å². The lowest BCUT2D eigenvalue weighted by atomic mass is 10.2. The maximum Gasteiger partial charge on any atom is 0.0615 e. The van der Waals surface area contributed by atoms with Gasteiger partial charge in [0.2, 0.25) is 0 Å². The maximum absolute atomic E-state index is 5.21. The zero-order valence-electron chi connectivity index (χ0n) is 10.7. The zero-order valence-corrected chi connectivity index (χ0v) is 10.7. The summed E-state index contributed by atoms with van der Waals surface area (Å²) in [5.74, 6) is 0. The number of nitrogens with zero attached hydrogens (tertiary/aromatic N) is 2. The molecular weight excluding hydrogens is 212 g/mol. The Hall–Kier alpha value is -1.06. The monoisotopic (exact) mass is 233 g/mol. The SMILES string of the molecule is COCC(C)N1CCN(c2cc[c]cc2)CC1. The first-order valence-corrected chi connectivity index (χ1v) is 6.25. The second kappa shape index (κ2) is 6.03. The van der Waals surface area contributed by atoms with Gasteiger partial charge in [-0.1, -0.05) is 12.1 Å². The maximum atomic E-state index is 5.21. The number of hydrogen-bond acceptors (Lipinski definition) is 3. The van der Waals surface area contributed by atoms with Crippen molar-refractivity contribution >= 4 is 5.69 Å². The van der Waals surface area contributed by atoms with E-state index in [0.717, 1.165) is 32.8 Å². The molecule has 17 heavy (non-hydrogen) atoms. The van der Waals surface area contributed by atoms with Gasteiger partial charge in [-0.2, -0.15) is 0 Å². The van der Waals surface area contributed by atoms with Gasteiger partial charge in [0, 0.05) is 45.0 Å². The van der Waals surface area contributed by atoms with Gasteiger partial charge >= 0.3 is 0 Å². The third-order valence-corrected chi connectivity index (χ3v) is 3.41. The standard InChI is InChI=1S/C14H21N2O/c1-13(12-17-2)15-8-10-16(11-9-15)14-6-4-3-5-7-14/h4-7,13H,8-12H2,1-2H3. The molecule has 0 aliphatic carbocycles. The molecule has 3 nitrogen and oxygen atoms in total. The van der Waals surface area contributed by atoms with Crippen LogP contribution in [0.3, 0.4) is 0 Å². The van der Waals surface area contributed by atoms with E-state index in [2.05, 4.69) is 34.9 Å². The predicted molar refractivity (Wildman–Crippen MR) is 70.4 cm³/mol. The molecule has 1 heterocycles. The number of methoxy groups -OCH3 is 1. The number of hydrogen-bond donors (Lipinski definition) is 0. The summed E-state index contributed by atoms with van der Waals surface area (Å²) >= 11 is 0. The van der Waals surface area contributed by atoms with Crippen LogP contribution in [-0.2, 0) is 4.74 Å². The van der Waals surface area contributed by atoms with Crippen LogP contribution in [0.25, 0.3) is 0 Å². The smallest absolute Gasteiger partial charge is 0.0615 e. The van der Waals surface area contributed by atoms with Crippen LogP contribution in [0.1, 0.15) is 6.92 Å². The minimum atomic E-state index is 0.520. The number of ether oxygens (including phenoxy) is 1. The van der Waals surface area contributed by atoms with E-state index in [4.69, 9.17) is 4.74 Å². The molecule has 1 atom stereocenters. The Morgan fingerprint density at radius 2 is 1.88 bits per heavy atom. The van der Waals surface area contributed by atoms with Crippen LogP contribution in [0.15, 0.2) is 24.3 Å². The van der Waals surface area contributed by atoms with Crippen molar-refractivity contribution in [2.45, 2.75) is 13.0 Å². The van der Waals surface area contributed by atoms with Crippen molar-refractivity contribution in [2.75, 3.05) is 44.8 Å². The van der Waals surface area contributed by atoms with Crippen LogP contribution in [0.5, 0.6) is 0 Å². The van der Waals surface area contributed by atoms with Gasteiger partial charge in [-0.3, -0.25) is 4.90 Å². The lowest BCUT2D eigenvalue weighted by Gasteiger charge is -2.38. The lowest BCUT2D eigenvalue weighted by Crippen LogP contribution is -2.50. The highest BCUT2D eigenvalue weighted by atomic mass is 16.5. The fourth-order valence-electron chi connectivity index (χ4n) is 2.36. The van der Waals surface area contributed by atoms with Gasteiger partial charge in [-0.25, -0.2) is 0 Å². The number of benzene rings is 1. The van der Waals surface area contributed by atoms with Crippen molar-refractivity contribution in [3.63, 3.8) is 0 Å². The van der Waals surface area contributed by atoms with E-state index >= 15 is 0 Å². The summed E-state index contributed by atoms with van der Waals surface area (Å²) in [6.07, 6.45) is 0. The minimum Gasteiger partial charge on any atom is -0.383 e. The zero-order chi connectivity index (χ0) is 12.1. The van der Waals surface area contributed by atoms with Crippen molar-refractivity contribution in [3.8, 4) is 0 Å². The van der Waals surface area contributed by atoms with E-state index in [1.165, 1.54) is 5.69 Å². The Balaban J connectivity index is 1.86. The average molecular weight is 233 g/mol. The number of rotatable bonds is 4. The highest BCUT2D eigenvalue weighted by Crippen LogP contribution is 2.16. The Kier molecular flexibility index (Phi) is 4.40. The third-order valence-electron chi connectivity index (χ3n) is 3.41. The molecule has 0 N–H and O–H groups in total. The molecule has 1 aromatic carbocycles. The highest BCUT2D eigenvalue weighted by Gasteiger charge is 2.20. The first kappa shape index (κ1) is 12.4. The van der Waals surface area contributed by atoms with Crippen molar-refractivity contribution in [3.05, 3.63) is 30.3 Å². The van der Waals surface area contributed by atoms with Gasteiger partial charge < -0.3 is 9.64 Å². The first-order valence-electron chi connectivity index (χ1n) is 6.25. The second-order valence-electron chi connectivity index (χ2n) is 4.59. The molecule has 1 aliphatic rings. The van der Waals surface area contributed by atoms with E-state index in [0.29, 0.717) is 6.04 Å². The Morgan fingerprint density at radius 1 is 1.24 bits per heavy atom. The molecule has 3 heteroatoms. The predicted octanol–water partition coefficient (Wildman–Crippen LogP) is 1.64. The third kappa shape index (κ3) is 3.20. The summed E-state index contributed by atoms with van der Waals surface area (Å²) < 4.78 is 5.21. The molecule has 1 fully saturated rings. The molecule has 1 aromatic rings. The molecule has 1 radical (unpaired) electrons. The lowest BCUT2D eigenvalue weighted by molar-refractivity contribution is 0.0953. The molecule has 1 saturated heterocycles. The molecule has 1 unspecified atom stereocenters. The summed E-state index contributed by atoms with van der Waals surface area (Å²) in [6.45, 7) is 7.47. The Labute approximate surface area is 104 Å². The molecule has 0 aromatic heterocycles. The molecule has 0 saturated carbocycles. The van der Waals surface area contributed by atoms with Gasteiger partial charge in [-0.15, -0.1) is 0 Å².